The van der Waals surface area contributed by atoms with Gasteiger partial charge in [0.25, 0.3) is 0 Å². The summed E-state index contributed by atoms with van der Waals surface area (Å²) in [5, 5.41) is 2.93. The van der Waals surface area contributed by atoms with Crippen molar-refractivity contribution in [2.24, 2.45) is 5.41 Å². The van der Waals surface area contributed by atoms with E-state index in [4.69, 9.17) is 4.98 Å². The molecule has 1 amide bonds. The van der Waals surface area contributed by atoms with Crippen molar-refractivity contribution in [3.8, 4) is 0 Å². The van der Waals surface area contributed by atoms with Gasteiger partial charge in [-0.25, -0.2) is 13.8 Å². The lowest BCUT2D eigenvalue weighted by molar-refractivity contribution is -0.117. The molecule has 1 atom stereocenters. The largest absolute Gasteiger partial charge is 0.365 e. The second-order valence-electron chi connectivity index (χ2n) is 8.86. The van der Waals surface area contributed by atoms with Crippen molar-refractivity contribution in [3.63, 3.8) is 0 Å². The first kappa shape index (κ1) is 20.2. The maximum Gasteiger partial charge on any atom is 0.226 e. The second-order valence-corrected chi connectivity index (χ2v) is 8.86. The summed E-state index contributed by atoms with van der Waals surface area (Å²) in [7, 11) is 0. The van der Waals surface area contributed by atoms with Crippen LogP contribution in [0, 0.1) is 24.0 Å². The fourth-order valence-electron chi connectivity index (χ4n) is 3.53. The zero-order chi connectivity index (χ0) is 20.6. The zero-order valence-corrected chi connectivity index (χ0v) is 17.1. The Morgan fingerprint density at radius 2 is 2.00 bits per heavy atom. The van der Waals surface area contributed by atoms with E-state index >= 15 is 0 Å². The summed E-state index contributed by atoms with van der Waals surface area (Å²) in [6, 6.07) is 5.65. The van der Waals surface area contributed by atoms with E-state index in [2.05, 4.69) is 17.1 Å². The number of nitrogens with zero attached hydrogens (tertiary/aromatic N) is 2. The van der Waals surface area contributed by atoms with Gasteiger partial charge < -0.3 is 10.2 Å². The summed E-state index contributed by atoms with van der Waals surface area (Å²) in [4.78, 5) is 19.1. The Labute approximate surface area is 165 Å². The molecule has 0 saturated carbocycles. The molecule has 3 rings (SSSR count). The summed E-state index contributed by atoms with van der Waals surface area (Å²) in [5.74, 6) is -0.451. The predicted octanol–water partition coefficient (Wildman–Crippen LogP) is 5.17. The maximum absolute atomic E-state index is 14.1. The first-order chi connectivity index (χ1) is 13.0. The average molecular weight is 387 g/mol. The standard InChI is InChI=1S/C22H27F2N3O/c1-13-8-18-20(26-21(13)25-19(28)10-22(3,4)5)14(2)11-27(18)12-15-6-7-16(23)9-17(15)24/h6-9,14H,10-12H2,1-5H3,(H,25,26,28). The highest BCUT2D eigenvalue weighted by molar-refractivity contribution is 5.91. The zero-order valence-electron chi connectivity index (χ0n) is 17.1. The number of carbonyl (C=O) groups excluding carboxylic acids is 1. The van der Waals surface area contributed by atoms with Crippen molar-refractivity contribution < 1.29 is 13.6 Å². The number of amides is 1. The molecule has 1 aromatic carbocycles. The van der Waals surface area contributed by atoms with E-state index in [1.165, 1.54) is 12.1 Å². The fraction of sp³-hybridized carbons (Fsp3) is 0.455. The number of benzene rings is 1. The van der Waals surface area contributed by atoms with Crippen LogP contribution in [0.4, 0.5) is 20.3 Å². The number of aryl methyl sites for hydroxylation is 1. The lowest BCUT2D eigenvalue weighted by Gasteiger charge is -2.21. The van der Waals surface area contributed by atoms with E-state index < -0.39 is 11.6 Å². The van der Waals surface area contributed by atoms with Crippen molar-refractivity contribution in [3.05, 3.63) is 52.7 Å². The van der Waals surface area contributed by atoms with Crippen molar-refractivity contribution in [1.29, 1.82) is 0 Å². The Hall–Kier alpha value is -2.50. The molecule has 1 unspecified atom stereocenters. The lowest BCUT2D eigenvalue weighted by Crippen LogP contribution is -2.22. The molecule has 1 aliphatic rings. The Morgan fingerprint density at radius 3 is 2.64 bits per heavy atom. The van der Waals surface area contributed by atoms with Gasteiger partial charge in [-0.15, -0.1) is 0 Å². The number of carbonyl (C=O) groups is 1. The quantitative estimate of drug-likeness (QED) is 0.787. The van der Waals surface area contributed by atoms with Crippen LogP contribution in [0.3, 0.4) is 0 Å². The van der Waals surface area contributed by atoms with Gasteiger partial charge in [0.2, 0.25) is 5.91 Å². The van der Waals surface area contributed by atoms with Crippen LogP contribution in [0.15, 0.2) is 24.3 Å². The number of hydrogen-bond donors (Lipinski definition) is 1. The van der Waals surface area contributed by atoms with E-state index in [-0.39, 0.29) is 17.2 Å². The van der Waals surface area contributed by atoms with Crippen LogP contribution < -0.4 is 10.2 Å². The van der Waals surface area contributed by atoms with E-state index in [0.29, 0.717) is 30.9 Å². The van der Waals surface area contributed by atoms with Crippen LogP contribution in [0.2, 0.25) is 0 Å². The highest BCUT2D eigenvalue weighted by Gasteiger charge is 2.29. The van der Waals surface area contributed by atoms with Crippen molar-refractivity contribution >= 4 is 17.4 Å². The second kappa shape index (κ2) is 7.49. The molecule has 1 N–H and O–H groups in total. The van der Waals surface area contributed by atoms with Gasteiger partial charge in [0.05, 0.1) is 11.4 Å². The Morgan fingerprint density at radius 1 is 1.29 bits per heavy atom. The lowest BCUT2D eigenvalue weighted by atomic mass is 9.92. The number of halogens is 2. The third kappa shape index (κ3) is 4.49. The summed E-state index contributed by atoms with van der Waals surface area (Å²) >= 11 is 0. The molecule has 2 heterocycles. The highest BCUT2D eigenvalue weighted by atomic mass is 19.1. The van der Waals surface area contributed by atoms with Crippen LogP contribution >= 0.6 is 0 Å². The third-order valence-corrected chi connectivity index (χ3v) is 4.85. The number of hydrogen-bond acceptors (Lipinski definition) is 3. The summed E-state index contributed by atoms with van der Waals surface area (Å²) in [6.07, 6.45) is 0.413. The first-order valence-electron chi connectivity index (χ1n) is 9.54. The number of aromatic nitrogens is 1. The molecule has 6 heteroatoms. The molecule has 150 valence electrons. The molecule has 0 radical (unpaired) electrons. The maximum atomic E-state index is 14.1. The molecule has 0 aliphatic carbocycles. The Kier molecular flexibility index (Phi) is 5.41. The molecule has 0 spiro atoms. The molecule has 0 fully saturated rings. The van der Waals surface area contributed by atoms with Gasteiger partial charge in [0, 0.05) is 37.1 Å². The number of nitrogens with one attached hydrogen (secondary N) is 1. The van der Waals surface area contributed by atoms with Gasteiger partial charge in [0.15, 0.2) is 0 Å². The molecular weight excluding hydrogens is 360 g/mol. The minimum Gasteiger partial charge on any atom is -0.365 e. The summed E-state index contributed by atoms with van der Waals surface area (Å²) in [5.41, 5.74) is 3.03. The van der Waals surface area contributed by atoms with E-state index in [1.54, 1.807) is 0 Å². The Bertz CT molecular complexity index is 905. The number of rotatable bonds is 4. The minimum atomic E-state index is -0.579. The summed E-state index contributed by atoms with van der Waals surface area (Å²) in [6.45, 7) is 11.1. The van der Waals surface area contributed by atoms with Crippen molar-refractivity contribution in [1.82, 2.24) is 4.98 Å². The molecule has 1 aliphatic heterocycles. The van der Waals surface area contributed by atoms with Crippen LogP contribution in [-0.2, 0) is 11.3 Å². The normalized spacial score (nSPS) is 16.2. The smallest absolute Gasteiger partial charge is 0.226 e. The van der Waals surface area contributed by atoms with Gasteiger partial charge in [0.1, 0.15) is 17.5 Å². The first-order valence-corrected chi connectivity index (χ1v) is 9.54. The van der Waals surface area contributed by atoms with Gasteiger partial charge in [-0.05, 0) is 30.0 Å². The van der Waals surface area contributed by atoms with E-state index in [9.17, 15) is 13.6 Å². The van der Waals surface area contributed by atoms with Crippen molar-refractivity contribution in [2.45, 2.75) is 53.5 Å². The van der Waals surface area contributed by atoms with Crippen LogP contribution in [-0.4, -0.2) is 17.4 Å². The van der Waals surface area contributed by atoms with Gasteiger partial charge in [-0.1, -0.05) is 33.8 Å². The van der Waals surface area contributed by atoms with Crippen LogP contribution in [0.1, 0.15) is 56.9 Å². The highest BCUT2D eigenvalue weighted by Crippen LogP contribution is 2.38. The van der Waals surface area contributed by atoms with E-state index in [1.807, 2.05) is 33.8 Å². The molecule has 1 aromatic heterocycles. The fourth-order valence-corrected chi connectivity index (χ4v) is 3.53. The minimum absolute atomic E-state index is 0.0565. The molecule has 2 aromatic rings. The SMILES string of the molecule is Cc1cc2c(nc1NC(=O)CC(C)(C)C)C(C)CN2Cc1ccc(F)cc1F. The number of pyridine rings is 1. The van der Waals surface area contributed by atoms with E-state index in [0.717, 1.165) is 23.0 Å². The van der Waals surface area contributed by atoms with Gasteiger partial charge in [-0.3, -0.25) is 4.79 Å². The molecule has 0 bridgehead atoms. The van der Waals surface area contributed by atoms with Crippen LogP contribution in [0.25, 0.3) is 0 Å². The third-order valence-electron chi connectivity index (χ3n) is 4.85. The number of fused-ring (bicyclic) bond motifs is 1. The molecule has 0 saturated heterocycles. The topological polar surface area (TPSA) is 45.2 Å². The molecular formula is C22H27F2N3O. The van der Waals surface area contributed by atoms with Gasteiger partial charge >= 0.3 is 0 Å². The monoisotopic (exact) mass is 387 g/mol. The molecule has 4 nitrogen and oxygen atoms in total. The number of anilines is 2. The molecule has 28 heavy (non-hydrogen) atoms. The summed E-state index contributed by atoms with van der Waals surface area (Å²) < 4.78 is 27.2. The average Bonchev–Trinajstić information content (AvgIpc) is 2.84. The predicted molar refractivity (Wildman–Crippen MR) is 107 cm³/mol. The van der Waals surface area contributed by atoms with Crippen molar-refractivity contribution in [2.75, 3.05) is 16.8 Å². The van der Waals surface area contributed by atoms with Gasteiger partial charge in [-0.2, -0.15) is 0 Å². The Balaban J connectivity index is 1.83. The van der Waals surface area contributed by atoms with Crippen LogP contribution in [0.5, 0.6) is 0 Å².